The second kappa shape index (κ2) is 7.56. The molecular weight excluding hydrogens is 300 g/mol. The molecular formula is C20H28N2O2. The van der Waals surface area contributed by atoms with Crippen molar-refractivity contribution in [2.24, 2.45) is 0 Å². The van der Waals surface area contributed by atoms with Crippen LogP contribution in [0.2, 0.25) is 0 Å². The lowest BCUT2D eigenvalue weighted by Gasteiger charge is -2.30. The number of allylic oxidation sites excluding steroid dienone is 2. The van der Waals surface area contributed by atoms with E-state index in [1.54, 1.807) is 11.0 Å². The molecule has 2 rings (SSSR count). The fraction of sp³-hybridized carbons (Fsp3) is 0.450. The average molecular weight is 328 g/mol. The number of rotatable bonds is 6. The van der Waals surface area contributed by atoms with Gasteiger partial charge in [-0.05, 0) is 38.3 Å². The van der Waals surface area contributed by atoms with Crippen LogP contribution in [0.4, 0.5) is 4.79 Å². The maximum Gasteiger partial charge on any atom is 0.410 e. The van der Waals surface area contributed by atoms with Gasteiger partial charge in [-0.25, -0.2) is 4.79 Å². The normalized spacial score (nSPS) is 16.6. The topological polar surface area (TPSA) is 32.8 Å². The van der Waals surface area contributed by atoms with Gasteiger partial charge in [-0.15, -0.1) is 13.2 Å². The van der Waals surface area contributed by atoms with Crippen molar-refractivity contribution in [3.05, 3.63) is 60.4 Å². The minimum Gasteiger partial charge on any atom is -0.444 e. The summed E-state index contributed by atoms with van der Waals surface area (Å²) in [4.78, 5) is 16.5. The number of nitrogens with zero attached hydrogens (tertiary/aromatic N) is 2. The summed E-state index contributed by atoms with van der Waals surface area (Å²) >= 11 is 0. The van der Waals surface area contributed by atoms with Crippen molar-refractivity contribution in [3.8, 4) is 0 Å². The first-order chi connectivity index (χ1) is 11.4. The molecule has 0 fully saturated rings. The lowest BCUT2D eigenvalue weighted by atomic mass is 9.98. The lowest BCUT2D eigenvalue weighted by molar-refractivity contribution is 0.0288. The molecule has 0 aromatic heterocycles. The Balaban J connectivity index is 2.23. The van der Waals surface area contributed by atoms with Crippen LogP contribution < -0.4 is 0 Å². The monoisotopic (exact) mass is 328 g/mol. The lowest BCUT2D eigenvalue weighted by Crippen LogP contribution is -2.38. The van der Waals surface area contributed by atoms with E-state index in [-0.39, 0.29) is 6.09 Å². The van der Waals surface area contributed by atoms with Crippen molar-refractivity contribution >= 4 is 6.09 Å². The van der Waals surface area contributed by atoms with Crippen molar-refractivity contribution in [1.82, 2.24) is 9.80 Å². The van der Waals surface area contributed by atoms with Crippen LogP contribution >= 0.6 is 0 Å². The molecule has 0 N–H and O–H groups in total. The fourth-order valence-corrected chi connectivity index (χ4v) is 2.95. The van der Waals surface area contributed by atoms with Gasteiger partial charge in [-0.3, -0.25) is 0 Å². The zero-order chi connectivity index (χ0) is 17.7. The van der Waals surface area contributed by atoms with Gasteiger partial charge in [0.25, 0.3) is 0 Å². The van der Waals surface area contributed by atoms with E-state index in [0.717, 1.165) is 25.1 Å². The number of amides is 1. The van der Waals surface area contributed by atoms with Crippen LogP contribution in [0.15, 0.2) is 60.4 Å². The summed E-state index contributed by atoms with van der Waals surface area (Å²) in [6.45, 7) is 15.9. The van der Waals surface area contributed by atoms with Crippen molar-refractivity contribution < 1.29 is 9.53 Å². The van der Waals surface area contributed by atoms with E-state index in [1.807, 2.05) is 26.8 Å². The van der Waals surface area contributed by atoms with Crippen LogP contribution in [0.25, 0.3) is 0 Å². The molecule has 2 aliphatic rings. The molecule has 130 valence electrons. The quantitative estimate of drug-likeness (QED) is 0.690. The summed E-state index contributed by atoms with van der Waals surface area (Å²) in [5, 5.41) is 0. The smallest absolute Gasteiger partial charge is 0.410 e. The summed E-state index contributed by atoms with van der Waals surface area (Å²) in [6.07, 6.45) is 10.8. The third-order valence-corrected chi connectivity index (χ3v) is 3.85. The van der Waals surface area contributed by atoms with Crippen molar-refractivity contribution in [2.75, 3.05) is 26.2 Å². The second-order valence-electron chi connectivity index (χ2n) is 7.05. The third-order valence-electron chi connectivity index (χ3n) is 3.85. The molecule has 0 unspecified atom stereocenters. The molecule has 0 radical (unpaired) electrons. The van der Waals surface area contributed by atoms with Crippen LogP contribution in [-0.4, -0.2) is 47.7 Å². The van der Waals surface area contributed by atoms with Crippen LogP contribution in [0.3, 0.4) is 0 Å². The number of hydrogen-bond donors (Lipinski definition) is 0. The number of carbonyl (C=O) groups excluding carboxylic acids is 1. The van der Waals surface area contributed by atoms with Crippen molar-refractivity contribution in [1.29, 1.82) is 0 Å². The molecule has 1 amide bonds. The van der Waals surface area contributed by atoms with Gasteiger partial charge in [-0.1, -0.05) is 30.4 Å². The van der Waals surface area contributed by atoms with Gasteiger partial charge in [0.05, 0.1) is 6.54 Å². The fourth-order valence-electron chi connectivity index (χ4n) is 2.95. The van der Waals surface area contributed by atoms with Crippen molar-refractivity contribution in [2.45, 2.75) is 32.8 Å². The molecule has 0 bridgehead atoms. The first-order valence-electron chi connectivity index (χ1n) is 8.39. The van der Waals surface area contributed by atoms with Gasteiger partial charge < -0.3 is 14.5 Å². The van der Waals surface area contributed by atoms with E-state index in [9.17, 15) is 4.79 Å². The Bertz CT molecular complexity index is 606. The van der Waals surface area contributed by atoms with E-state index in [1.165, 1.54) is 11.3 Å². The van der Waals surface area contributed by atoms with E-state index < -0.39 is 5.60 Å². The molecule has 24 heavy (non-hydrogen) atoms. The zero-order valence-electron chi connectivity index (χ0n) is 15.0. The highest BCUT2D eigenvalue weighted by atomic mass is 16.6. The summed E-state index contributed by atoms with van der Waals surface area (Å²) in [5.74, 6) is 0. The molecule has 0 spiro atoms. The van der Waals surface area contributed by atoms with Gasteiger partial charge in [0.1, 0.15) is 5.60 Å². The number of ether oxygens (including phenoxy) is 1. The van der Waals surface area contributed by atoms with Gasteiger partial charge in [0.2, 0.25) is 0 Å². The van der Waals surface area contributed by atoms with Crippen LogP contribution in [0.1, 0.15) is 27.2 Å². The predicted molar refractivity (Wildman–Crippen MR) is 98.6 cm³/mol. The molecule has 0 aromatic carbocycles. The summed E-state index contributed by atoms with van der Waals surface area (Å²) in [7, 11) is 0. The minimum absolute atomic E-state index is 0.312. The van der Waals surface area contributed by atoms with E-state index in [2.05, 4.69) is 36.3 Å². The standard InChI is InChI=1S/C20H28N2O2/c1-6-12-21-14-11-16-9-8-10-17(18(16)21)15-22(13-7-2)19(23)24-20(3,4)5/h6-8,10-11H,1-2,9,12-15H2,3-5H3. The van der Waals surface area contributed by atoms with E-state index in [0.29, 0.717) is 13.1 Å². The third kappa shape index (κ3) is 4.40. The van der Waals surface area contributed by atoms with Gasteiger partial charge in [0.15, 0.2) is 0 Å². The number of fused-ring (bicyclic) bond motifs is 1. The Kier molecular flexibility index (Phi) is 5.71. The molecule has 0 aromatic rings. The summed E-state index contributed by atoms with van der Waals surface area (Å²) in [5.41, 5.74) is 3.19. The number of hydrogen-bond acceptors (Lipinski definition) is 3. The number of carbonyl (C=O) groups is 1. The highest BCUT2D eigenvalue weighted by Crippen LogP contribution is 2.32. The molecule has 4 heteroatoms. The first kappa shape index (κ1) is 18.1. The predicted octanol–water partition coefficient (Wildman–Crippen LogP) is 4.05. The zero-order valence-corrected chi connectivity index (χ0v) is 15.0. The summed E-state index contributed by atoms with van der Waals surface area (Å²) in [6, 6.07) is 0. The van der Waals surface area contributed by atoms with E-state index >= 15 is 0 Å². The molecule has 0 atom stereocenters. The minimum atomic E-state index is -0.510. The Morgan fingerprint density at radius 3 is 2.75 bits per heavy atom. The van der Waals surface area contributed by atoms with Crippen LogP contribution in [0.5, 0.6) is 0 Å². The largest absolute Gasteiger partial charge is 0.444 e. The van der Waals surface area contributed by atoms with Gasteiger partial charge in [0, 0.05) is 25.3 Å². The Labute approximate surface area is 145 Å². The highest BCUT2D eigenvalue weighted by Gasteiger charge is 2.27. The molecule has 4 nitrogen and oxygen atoms in total. The molecule has 0 saturated heterocycles. The second-order valence-corrected chi connectivity index (χ2v) is 7.05. The van der Waals surface area contributed by atoms with E-state index in [4.69, 9.17) is 4.74 Å². The maximum absolute atomic E-state index is 12.5. The van der Waals surface area contributed by atoms with Gasteiger partial charge in [-0.2, -0.15) is 0 Å². The van der Waals surface area contributed by atoms with Crippen molar-refractivity contribution in [3.63, 3.8) is 0 Å². The van der Waals surface area contributed by atoms with Gasteiger partial charge >= 0.3 is 6.09 Å². The summed E-state index contributed by atoms with van der Waals surface area (Å²) < 4.78 is 5.53. The average Bonchev–Trinajstić information content (AvgIpc) is 2.90. The molecule has 1 aliphatic carbocycles. The molecule has 1 heterocycles. The highest BCUT2D eigenvalue weighted by molar-refractivity contribution is 5.69. The van der Waals surface area contributed by atoms with Crippen LogP contribution in [-0.2, 0) is 4.74 Å². The SMILES string of the molecule is C=CCN(CC1=C2C(=CCN2CC=C)CC=C1)C(=O)OC(C)(C)C. The Morgan fingerprint density at radius 1 is 1.38 bits per heavy atom. The Morgan fingerprint density at radius 2 is 2.12 bits per heavy atom. The Hall–Kier alpha value is -2.23. The first-order valence-corrected chi connectivity index (χ1v) is 8.39. The van der Waals surface area contributed by atoms with Crippen LogP contribution in [0, 0.1) is 0 Å². The maximum atomic E-state index is 12.5. The molecule has 1 aliphatic heterocycles. The molecule has 0 saturated carbocycles.